The molecule has 3 nitrogen and oxygen atoms in total. The lowest BCUT2D eigenvalue weighted by atomic mass is 9.73. The molecule has 1 saturated heterocycles. The van der Waals surface area contributed by atoms with Gasteiger partial charge in [-0.3, -0.25) is 0 Å². The second-order valence-electron chi connectivity index (χ2n) is 5.09. The summed E-state index contributed by atoms with van der Waals surface area (Å²) in [4.78, 5) is 0. The molecule has 0 aliphatic carbocycles. The minimum absolute atomic E-state index is 0.243. The highest BCUT2D eigenvalue weighted by Crippen LogP contribution is 2.42. The molecule has 1 aromatic rings. The van der Waals surface area contributed by atoms with Crippen molar-refractivity contribution in [3.63, 3.8) is 0 Å². The van der Waals surface area contributed by atoms with E-state index >= 15 is 0 Å². The molecule has 1 atom stereocenters. The molecule has 1 heterocycles. The van der Waals surface area contributed by atoms with Crippen LogP contribution in [0.25, 0.3) is 0 Å². The first-order valence-corrected chi connectivity index (χ1v) is 7.10. The molecule has 3 N–H and O–H groups in total. The standard InChI is InChI=1S/C14H20BrNO2/c1-10-2-3-11(8-12(10)15)13(17)14(9-16)4-6-18-7-5-14/h2-3,8,13,17H,4-7,9,16H2,1H3. The fourth-order valence-corrected chi connectivity index (χ4v) is 2.90. The number of hydrogen-bond acceptors (Lipinski definition) is 3. The van der Waals surface area contributed by atoms with Gasteiger partial charge in [0.25, 0.3) is 0 Å². The van der Waals surface area contributed by atoms with E-state index in [4.69, 9.17) is 10.5 Å². The van der Waals surface area contributed by atoms with Crippen molar-refractivity contribution in [2.24, 2.45) is 11.1 Å². The van der Waals surface area contributed by atoms with Crippen LogP contribution >= 0.6 is 15.9 Å². The Balaban J connectivity index is 2.27. The van der Waals surface area contributed by atoms with Crippen LogP contribution in [-0.4, -0.2) is 24.9 Å². The Morgan fingerprint density at radius 2 is 2.11 bits per heavy atom. The van der Waals surface area contributed by atoms with Gasteiger partial charge in [-0.2, -0.15) is 0 Å². The maximum Gasteiger partial charge on any atom is 0.0860 e. The van der Waals surface area contributed by atoms with Gasteiger partial charge in [0.1, 0.15) is 0 Å². The zero-order chi connectivity index (χ0) is 13.2. The van der Waals surface area contributed by atoms with Crippen LogP contribution in [0.15, 0.2) is 22.7 Å². The molecule has 1 unspecified atom stereocenters. The van der Waals surface area contributed by atoms with Crippen LogP contribution in [-0.2, 0) is 4.74 Å². The van der Waals surface area contributed by atoms with Crippen LogP contribution in [0, 0.1) is 12.3 Å². The largest absolute Gasteiger partial charge is 0.388 e. The van der Waals surface area contributed by atoms with Gasteiger partial charge in [-0.05, 0) is 37.0 Å². The van der Waals surface area contributed by atoms with E-state index in [1.807, 2.05) is 25.1 Å². The monoisotopic (exact) mass is 313 g/mol. The van der Waals surface area contributed by atoms with Crippen molar-refractivity contribution >= 4 is 15.9 Å². The average Bonchev–Trinajstić information content (AvgIpc) is 2.42. The number of hydrogen-bond donors (Lipinski definition) is 2. The van der Waals surface area contributed by atoms with E-state index in [9.17, 15) is 5.11 Å². The van der Waals surface area contributed by atoms with E-state index in [2.05, 4.69) is 15.9 Å². The molecule has 18 heavy (non-hydrogen) atoms. The lowest BCUT2D eigenvalue weighted by Crippen LogP contribution is -2.41. The Morgan fingerprint density at radius 1 is 1.44 bits per heavy atom. The van der Waals surface area contributed by atoms with E-state index in [1.165, 1.54) is 5.56 Å². The molecule has 0 amide bonds. The summed E-state index contributed by atoms with van der Waals surface area (Å²) in [5.74, 6) is 0. The maximum atomic E-state index is 10.7. The normalized spacial score (nSPS) is 20.7. The topological polar surface area (TPSA) is 55.5 Å². The Kier molecular flexibility index (Phi) is 4.43. The molecule has 2 rings (SSSR count). The van der Waals surface area contributed by atoms with Crippen LogP contribution in [0.4, 0.5) is 0 Å². The average molecular weight is 314 g/mol. The number of aryl methyl sites for hydroxylation is 1. The number of rotatable bonds is 3. The quantitative estimate of drug-likeness (QED) is 0.901. The number of ether oxygens (including phenoxy) is 1. The van der Waals surface area contributed by atoms with E-state index in [0.29, 0.717) is 19.8 Å². The fraction of sp³-hybridized carbons (Fsp3) is 0.571. The van der Waals surface area contributed by atoms with Crippen molar-refractivity contribution in [1.82, 2.24) is 0 Å². The van der Waals surface area contributed by atoms with Gasteiger partial charge in [-0.25, -0.2) is 0 Å². The molecule has 0 radical (unpaired) electrons. The highest BCUT2D eigenvalue weighted by atomic mass is 79.9. The first-order valence-electron chi connectivity index (χ1n) is 6.31. The van der Waals surface area contributed by atoms with Gasteiger partial charge in [0.05, 0.1) is 6.10 Å². The summed E-state index contributed by atoms with van der Waals surface area (Å²) >= 11 is 3.51. The number of benzene rings is 1. The summed E-state index contributed by atoms with van der Waals surface area (Å²) in [6, 6.07) is 6.00. The Morgan fingerprint density at radius 3 is 2.67 bits per heavy atom. The summed E-state index contributed by atoms with van der Waals surface area (Å²) < 4.78 is 6.41. The van der Waals surface area contributed by atoms with Crippen molar-refractivity contribution in [2.45, 2.75) is 25.9 Å². The fourth-order valence-electron chi connectivity index (χ4n) is 2.50. The van der Waals surface area contributed by atoms with Crippen LogP contribution < -0.4 is 5.73 Å². The summed E-state index contributed by atoms with van der Waals surface area (Å²) in [6.45, 7) is 3.89. The van der Waals surface area contributed by atoms with Gasteiger partial charge < -0.3 is 15.6 Å². The molecule has 100 valence electrons. The van der Waals surface area contributed by atoms with E-state index in [-0.39, 0.29) is 5.41 Å². The SMILES string of the molecule is Cc1ccc(C(O)C2(CN)CCOCC2)cc1Br. The molecule has 1 aromatic carbocycles. The van der Waals surface area contributed by atoms with Gasteiger partial charge in [0.2, 0.25) is 0 Å². The molecule has 0 aromatic heterocycles. The van der Waals surface area contributed by atoms with Gasteiger partial charge in [0.15, 0.2) is 0 Å². The molecule has 1 aliphatic heterocycles. The van der Waals surface area contributed by atoms with E-state index in [0.717, 1.165) is 22.9 Å². The third-order valence-electron chi connectivity index (χ3n) is 3.99. The molecule has 0 spiro atoms. The van der Waals surface area contributed by atoms with Gasteiger partial charge >= 0.3 is 0 Å². The van der Waals surface area contributed by atoms with E-state index < -0.39 is 6.10 Å². The van der Waals surface area contributed by atoms with Crippen molar-refractivity contribution in [1.29, 1.82) is 0 Å². The summed E-state index contributed by atoms with van der Waals surface area (Å²) in [6.07, 6.45) is 1.11. The molecule has 1 aliphatic rings. The number of halogens is 1. The third kappa shape index (κ3) is 2.62. The predicted octanol–water partition coefficient (Wildman–Crippen LogP) is 2.55. The molecule has 0 bridgehead atoms. The van der Waals surface area contributed by atoms with Crippen molar-refractivity contribution < 1.29 is 9.84 Å². The summed E-state index contributed by atoms with van der Waals surface area (Å²) in [5, 5.41) is 10.7. The highest BCUT2D eigenvalue weighted by molar-refractivity contribution is 9.10. The van der Waals surface area contributed by atoms with Crippen LogP contribution in [0.2, 0.25) is 0 Å². The first-order chi connectivity index (χ1) is 8.59. The van der Waals surface area contributed by atoms with Gasteiger partial charge in [0, 0.05) is 29.6 Å². The first kappa shape index (κ1) is 14.0. The molecular formula is C14H20BrNO2. The van der Waals surface area contributed by atoms with Crippen molar-refractivity contribution in [3.05, 3.63) is 33.8 Å². The minimum Gasteiger partial charge on any atom is -0.388 e. The molecule has 1 fully saturated rings. The van der Waals surface area contributed by atoms with Crippen LogP contribution in [0.1, 0.15) is 30.1 Å². The third-order valence-corrected chi connectivity index (χ3v) is 4.84. The Bertz CT molecular complexity index is 416. The Hall–Kier alpha value is -0.420. The lowest BCUT2D eigenvalue weighted by molar-refractivity contribution is -0.0581. The highest BCUT2D eigenvalue weighted by Gasteiger charge is 2.39. The lowest BCUT2D eigenvalue weighted by Gasteiger charge is -2.40. The molecular weight excluding hydrogens is 294 g/mol. The molecule has 0 saturated carbocycles. The maximum absolute atomic E-state index is 10.7. The van der Waals surface area contributed by atoms with E-state index in [1.54, 1.807) is 0 Å². The van der Waals surface area contributed by atoms with Gasteiger partial charge in [-0.15, -0.1) is 0 Å². The Labute approximate surface area is 116 Å². The number of aliphatic hydroxyl groups excluding tert-OH is 1. The second kappa shape index (κ2) is 5.70. The number of nitrogens with two attached hydrogens (primary N) is 1. The van der Waals surface area contributed by atoms with Crippen molar-refractivity contribution in [3.8, 4) is 0 Å². The summed E-state index contributed by atoms with van der Waals surface area (Å²) in [5.41, 5.74) is 7.77. The predicted molar refractivity (Wildman–Crippen MR) is 75.4 cm³/mol. The second-order valence-corrected chi connectivity index (χ2v) is 5.94. The zero-order valence-corrected chi connectivity index (χ0v) is 12.2. The van der Waals surface area contributed by atoms with Crippen LogP contribution in [0.5, 0.6) is 0 Å². The smallest absolute Gasteiger partial charge is 0.0860 e. The number of aliphatic hydroxyl groups is 1. The van der Waals surface area contributed by atoms with Gasteiger partial charge in [-0.1, -0.05) is 28.1 Å². The zero-order valence-electron chi connectivity index (χ0n) is 10.7. The van der Waals surface area contributed by atoms with Crippen molar-refractivity contribution in [2.75, 3.05) is 19.8 Å². The minimum atomic E-state index is -0.525. The van der Waals surface area contributed by atoms with Crippen LogP contribution in [0.3, 0.4) is 0 Å². The summed E-state index contributed by atoms with van der Waals surface area (Å²) in [7, 11) is 0. The molecule has 4 heteroatoms.